The number of hydrogen-bond donors (Lipinski definition) is 1. The summed E-state index contributed by atoms with van der Waals surface area (Å²) >= 11 is 0. The average Bonchev–Trinajstić information content (AvgIpc) is 2.79. The van der Waals surface area contributed by atoms with Gasteiger partial charge in [-0.15, -0.1) is 0 Å². The van der Waals surface area contributed by atoms with E-state index in [1.807, 2.05) is 26.1 Å². The van der Waals surface area contributed by atoms with E-state index in [4.69, 9.17) is 0 Å². The normalized spacial score (nSPS) is 15.6. The lowest BCUT2D eigenvalue weighted by atomic mass is 10.2. The number of nitrogens with one attached hydrogen (secondary N) is 1. The lowest BCUT2D eigenvalue weighted by Gasteiger charge is -2.21. The van der Waals surface area contributed by atoms with Crippen molar-refractivity contribution in [3.05, 3.63) is 18.5 Å². The Bertz CT molecular complexity index is 327. The van der Waals surface area contributed by atoms with Crippen LogP contribution in [0.25, 0.3) is 0 Å². The fourth-order valence-electron chi connectivity index (χ4n) is 1.47. The molecule has 0 saturated carbocycles. The Balaban J connectivity index is 2.16. The summed E-state index contributed by atoms with van der Waals surface area (Å²) in [7, 11) is 0. The maximum atomic E-state index is 11.8. The van der Waals surface area contributed by atoms with Gasteiger partial charge in [0.05, 0.1) is 12.6 Å². The summed E-state index contributed by atoms with van der Waals surface area (Å²) in [6.45, 7) is 3.16. The van der Waals surface area contributed by atoms with Gasteiger partial charge >= 0.3 is 6.18 Å². The van der Waals surface area contributed by atoms with Gasteiger partial charge in [-0.05, 0) is 19.9 Å². The Morgan fingerprint density at radius 1 is 1.39 bits per heavy atom. The van der Waals surface area contributed by atoms with Gasteiger partial charge in [0.25, 0.3) is 0 Å². The van der Waals surface area contributed by atoms with Crippen molar-refractivity contribution in [2.45, 2.75) is 32.1 Å². The molecule has 1 heterocycles. The van der Waals surface area contributed by atoms with Gasteiger partial charge in [-0.1, -0.05) is 0 Å². The van der Waals surface area contributed by atoms with Crippen LogP contribution in [0.4, 0.5) is 13.2 Å². The van der Waals surface area contributed by atoms with Crippen LogP contribution in [-0.2, 0) is 4.74 Å². The minimum absolute atomic E-state index is 0.0374. The molecule has 104 valence electrons. The molecule has 0 saturated heterocycles. The Morgan fingerprint density at radius 3 is 2.67 bits per heavy atom. The lowest BCUT2D eigenvalue weighted by molar-refractivity contribution is -0.173. The van der Waals surface area contributed by atoms with Crippen molar-refractivity contribution < 1.29 is 17.9 Å². The van der Waals surface area contributed by atoms with E-state index in [-0.39, 0.29) is 18.7 Å². The summed E-state index contributed by atoms with van der Waals surface area (Å²) in [5.74, 6) is 0. The molecular weight excluding hydrogens is 247 g/mol. The number of aromatic nitrogens is 2. The topological polar surface area (TPSA) is 39.1 Å². The largest absolute Gasteiger partial charge is 0.411 e. The third-order valence-electron chi connectivity index (χ3n) is 2.64. The highest BCUT2D eigenvalue weighted by molar-refractivity contribution is 4.83. The van der Waals surface area contributed by atoms with Crippen LogP contribution in [0, 0.1) is 0 Å². The minimum atomic E-state index is -4.26. The van der Waals surface area contributed by atoms with Crippen LogP contribution in [0.15, 0.2) is 18.5 Å². The van der Waals surface area contributed by atoms with Gasteiger partial charge in [0.1, 0.15) is 6.61 Å². The minimum Gasteiger partial charge on any atom is -0.371 e. The van der Waals surface area contributed by atoms with Gasteiger partial charge in [-0.3, -0.25) is 4.68 Å². The Hall–Kier alpha value is -1.08. The SMILES string of the molecule is CC(NCCOCC(F)(F)F)C(C)n1cccn1. The molecule has 0 aromatic carbocycles. The molecule has 0 amide bonds. The monoisotopic (exact) mass is 265 g/mol. The van der Waals surface area contributed by atoms with E-state index in [0.29, 0.717) is 6.54 Å². The molecule has 2 atom stereocenters. The summed E-state index contributed by atoms with van der Waals surface area (Å²) in [6.07, 6.45) is -0.716. The van der Waals surface area contributed by atoms with Crippen molar-refractivity contribution in [2.75, 3.05) is 19.8 Å². The van der Waals surface area contributed by atoms with Crippen molar-refractivity contribution in [1.29, 1.82) is 0 Å². The van der Waals surface area contributed by atoms with Crippen molar-refractivity contribution in [3.8, 4) is 0 Å². The summed E-state index contributed by atoms with van der Waals surface area (Å²) in [5.41, 5.74) is 0. The highest BCUT2D eigenvalue weighted by atomic mass is 19.4. The summed E-state index contributed by atoms with van der Waals surface area (Å²) in [6, 6.07) is 2.05. The number of alkyl halides is 3. The van der Waals surface area contributed by atoms with E-state index in [1.54, 1.807) is 10.9 Å². The number of ether oxygens (including phenoxy) is 1. The zero-order chi connectivity index (χ0) is 13.6. The lowest BCUT2D eigenvalue weighted by Crippen LogP contribution is -2.36. The molecule has 1 aromatic rings. The van der Waals surface area contributed by atoms with Gasteiger partial charge in [-0.25, -0.2) is 0 Å². The van der Waals surface area contributed by atoms with Gasteiger partial charge in [0.15, 0.2) is 0 Å². The van der Waals surface area contributed by atoms with Crippen LogP contribution in [0.3, 0.4) is 0 Å². The molecule has 0 fully saturated rings. The second-order valence-electron chi connectivity index (χ2n) is 4.14. The predicted octanol–water partition coefficient (Wildman–Crippen LogP) is 2.00. The smallest absolute Gasteiger partial charge is 0.371 e. The van der Waals surface area contributed by atoms with Crippen LogP contribution in [0.2, 0.25) is 0 Å². The fourth-order valence-corrected chi connectivity index (χ4v) is 1.47. The van der Waals surface area contributed by atoms with Gasteiger partial charge in [0, 0.05) is 25.0 Å². The molecule has 0 spiro atoms. The van der Waals surface area contributed by atoms with Crippen LogP contribution in [0.1, 0.15) is 19.9 Å². The van der Waals surface area contributed by atoms with Gasteiger partial charge in [0.2, 0.25) is 0 Å². The van der Waals surface area contributed by atoms with E-state index >= 15 is 0 Å². The average molecular weight is 265 g/mol. The first kappa shape index (κ1) is 15.0. The standard InChI is InChI=1S/C11H18F3N3O/c1-9(10(2)17-6-3-4-16-17)15-5-7-18-8-11(12,13)14/h3-4,6,9-10,15H,5,7-8H2,1-2H3. The highest BCUT2D eigenvalue weighted by Gasteiger charge is 2.27. The molecule has 0 radical (unpaired) electrons. The maximum absolute atomic E-state index is 11.8. The van der Waals surface area contributed by atoms with Crippen molar-refractivity contribution in [1.82, 2.24) is 15.1 Å². The van der Waals surface area contributed by atoms with E-state index in [9.17, 15) is 13.2 Å². The number of rotatable bonds is 7. The van der Waals surface area contributed by atoms with E-state index in [1.165, 1.54) is 0 Å². The molecule has 1 aromatic heterocycles. The number of nitrogens with zero attached hydrogens (tertiary/aromatic N) is 2. The Kier molecular flexibility index (Phi) is 5.61. The van der Waals surface area contributed by atoms with Crippen molar-refractivity contribution in [2.24, 2.45) is 0 Å². The first-order valence-corrected chi connectivity index (χ1v) is 5.77. The first-order chi connectivity index (χ1) is 8.40. The van der Waals surface area contributed by atoms with E-state index < -0.39 is 12.8 Å². The predicted molar refractivity (Wildman–Crippen MR) is 61.3 cm³/mol. The molecule has 1 rings (SSSR count). The molecule has 4 nitrogen and oxygen atoms in total. The van der Waals surface area contributed by atoms with Crippen LogP contribution < -0.4 is 5.32 Å². The zero-order valence-electron chi connectivity index (χ0n) is 10.4. The second kappa shape index (κ2) is 6.75. The number of halogens is 3. The molecule has 0 aliphatic rings. The number of hydrogen-bond acceptors (Lipinski definition) is 3. The Morgan fingerprint density at radius 2 is 2.11 bits per heavy atom. The summed E-state index contributed by atoms with van der Waals surface area (Å²) in [5, 5.41) is 7.21. The Labute approximate surface area is 104 Å². The van der Waals surface area contributed by atoms with Crippen LogP contribution in [-0.4, -0.2) is 41.8 Å². The van der Waals surface area contributed by atoms with Crippen LogP contribution >= 0.6 is 0 Å². The molecule has 1 N–H and O–H groups in total. The first-order valence-electron chi connectivity index (χ1n) is 5.77. The maximum Gasteiger partial charge on any atom is 0.411 e. The third kappa shape index (κ3) is 5.50. The van der Waals surface area contributed by atoms with E-state index in [2.05, 4.69) is 15.2 Å². The zero-order valence-corrected chi connectivity index (χ0v) is 10.4. The quantitative estimate of drug-likeness (QED) is 0.766. The molecule has 2 unspecified atom stereocenters. The van der Waals surface area contributed by atoms with E-state index in [0.717, 1.165) is 0 Å². The second-order valence-corrected chi connectivity index (χ2v) is 4.14. The van der Waals surface area contributed by atoms with Crippen molar-refractivity contribution >= 4 is 0 Å². The molecule has 0 bridgehead atoms. The van der Waals surface area contributed by atoms with Gasteiger partial charge in [-0.2, -0.15) is 18.3 Å². The molecule has 18 heavy (non-hydrogen) atoms. The van der Waals surface area contributed by atoms with Crippen molar-refractivity contribution in [3.63, 3.8) is 0 Å². The molecule has 0 aliphatic carbocycles. The molecular formula is C11H18F3N3O. The highest BCUT2D eigenvalue weighted by Crippen LogP contribution is 2.14. The summed E-state index contributed by atoms with van der Waals surface area (Å²) in [4.78, 5) is 0. The summed E-state index contributed by atoms with van der Waals surface area (Å²) < 4.78 is 41.7. The molecule has 7 heteroatoms. The fraction of sp³-hybridized carbons (Fsp3) is 0.727. The van der Waals surface area contributed by atoms with Gasteiger partial charge < -0.3 is 10.1 Å². The molecule has 0 aliphatic heterocycles. The third-order valence-corrected chi connectivity index (χ3v) is 2.64. The van der Waals surface area contributed by atoms with Crippen LogP contribution in [0.5, 0.6) is 0 Å².